The third kappa shape index (κ3) is 13.2. The summed E-state index contributed by atoms with van der Waals surface area (Å²) < 4.78 is 26.5. The molecular weight excluding hydrogens is 931 g/mol. The number of nitrogens with zero attached hydrogens (tertiary/aromatic N) is 1. The molecule has 14 heteroatoms. The second-order valence-corrected chi connectivity index (χ2v) is 23.8. The second kappa shape index (κ2) is 23.4. The number of carbonyl (C=O) groups is 7. The Hall–Kier alpha value is -4.85. The Bertz CT molecular complexity index is 2170. The summed E-state index contributed by atoms with van der Waals surface area (Å²) in [5, 5.41) is 10.5. The van der Waals surface area contributed by atoms with Crippen molar-refractivity contribution in [3.63, 3.8) is 0 Å². The number of cyclic esters (lactones) is 1. The van der Waals surface area contributed by atoms with Crippen LogP contribution in [-0.2, 0) is 57.2 Å². The third-order valence-corrected chi connectivity index (χ3v) is 17.6. The number of amides is 2. The van der Waals surface area contributed by atoms with Gasteiger partial charge in [0.2, 0.25) is 12.0 Å². The molecule has 404 valence electrons. The molecule has 2 saturated heterocycles. The summed E-state index contributed by atoms with van der Waals surface area (Å²) in [4.78, 5) is 81.1. The van der Waals surface area contributed by atoms with Gasteiger partial charge in [-0.2, -0.15) is 0 Å². The number of ether oxygens (including phenoxy) is 5. The Morgan fingerprint density at radius 2 is 1.12 bits per heavy atom. The summed E-state index contributed by atoms with van der Waals surface area (Å²) in [6.07, 6.45) is 21.1. The van der Waals surface area contributed by atoms with Crippen LogP contribution in [0.15, 0.2) is 60.8 Å². The molecule has 8 bridgehead atoms. The van der Waals surface area contributed by atoms with Crippen LogP contribution in [0.2, 0.25) is 0 Å². The van der Waals surface area contributed by atoms with Crippen LogP contribution in [0.1, 0.15) is 183 Å². The lowest BCUT2D eigenvalue weighted by atomic mass is 9.49. The smallest absolute Gasteiger partial charge is 0.347 e. The first-order chi connectivity index (χ1) is 34.3. The normalized spacial score (nSPS) is 34.7. The van der Waals surface area contributed by atoms with Crippen molar-refractivity contribution < 1.29 is 62.4 Å². The Kier molecular flexibility index (Phi) is 18.4. The van der Waals surface area contributed by atoms with Gasteiger partial charge in [-0.15, -0.1) is 0 Å². The van der Waals surface area contributed by atoms with Gasteiger partial charge in [-0.25, -0.2) is 24.0 Å². The molecule has 0 spiro atoms. The van der Waals surface area contributed by atoms with Gasteiger partial charge in [0.25, 0.3) is 5.91 Å². The average molecular weight is 1020 g/mol. The summed E-state index contributed by atoms with van der Waals surface area (Å²) in [5.74, 6) is 2.38. The number of likely N-dealkylation sites (tertiary alicyclic amines) is 1. The monoisotopic (exact) mass is 1020 g/mol. The predicted molar refractivity (Wildman–Crippen MR) is 275 cm³/mol. The van der Waals surface area contributed by atoms with Crippen LogP contribution < -0.4 is 0 Å². The average Bonchev–Trinajstić information content (AvgIpc) is 4.07. The van der Waals surface area contributed by atoms with E-state index in [0.29, 0.717) is 65.4 Å². The van der Waals surface area contributed by atoms with Crippen molar-refractivity contribution in [2.45, 2.75) is 218 Å². The molecule has 5 unspecified atom stereocenters. The lowest BCUT2D eigenvalue weighted by Gasteiger charge is -2.60. The fourth-order valence-electron chi connectivity index (χ4n) is 14.5. The van der Waals surface area contributed by atoms with Gasteiger partial charge in [0.05, 0.1) is 24.2 Å². The van der Waals surface area contributed by atoms with Gasteiger partial charge in [0.15, 0.2) is 0 Å². The number of hydrogen-bond donors (Lipinski definition) is 1. The third-order valence-electron chi connectivity index (χ3n) is 17.6. The standard InChI is InChI=1S/C16H24O2.C14H20O3.C11H18O2.C10H13NO2.C8H10O4/c1-4-16(18-15(17)10(2)3)13-6-11-5-12(8-13)9-14(16)7-11;1-9(2)12(15)17-14-6-10-3-11(7-14)5-13(16,4-10)8-14;1-4-11(7-5-6-8-11)13-10(12)9(2)3;1-6(2)9(12)11-8-5-3-4-7(8)10(11)13;1-5(2)7(9)12-6-3-4-11-8(6)10/h11-14H,2,4-9H2,1,3H3;10-11,16H,1,3-8H2,2H3;2,4-8H2,1,3H3;7-8H,1,3-5H2,2H3;6H,1,3-4H2,2H3. The van der Waals surface area contributed by atoms with Crippen molar-refractivity contribution >= 4 is 41.7 Å². The minimum atomic E-state index is -0.728. The van der Waals surface area contributed by atoms with Gasteiger partial charge in [-0.3, -0.25) is 14.5 Å². The molecule has 0 aromatic carbocycles. The zero-order valence-corrected chi connectivity index (χ0v) is 45.1. The molecule has 2 heterocycles. The maximum absolute atomic E-state index is 12.0. The number of carbonyl (C=O) groups excluding carboxylic acids is 7. The topological polar surface area (TPSA) is 189 Å². The van der Waals surface area contributed by atoms with E-state index >= 15 is 0 Å². The van der Waals surface area contributed by atoms with E-state index in [4.69, 9.17) is 18.9 Å². The van der Waals surface area contributed by atoms with Gasteiger partial charge >= 0.3 is 29.8 Å². The summed E-state index contributed by atoms with van der Waals surface area (Å²) in [5.41, 5.74) is 0.936. The Morgan fingerprint density at radius 1 is 0.616 bits per heavy atom. The number of hydrogen-bond acceptors (Lipinski definition) is 13. The van der Waals surface area contributed by atoms with Crippen LogP contribution in [0.3, 0.4) is 0 Å². The summed E-state index contributed by atoms with van der Waals surface area (Å²) in [6, 6.07) is 0.191. The highest BCUT2D eigenvalue weighted by atomic mass is 16.6. The van der Waals surface area contributed by atoms with Gasteiger partial charge in [0.1, 0.15) is 16.8 Å². The van der Waals surface area contributed by atoms with E-state index in [1.165, 1.54) is 63.2 Å². The van der Waals surface area contributed by atoms with Crippen LogP contribution in [0.5, 0.6) is 0 Å². The Labute approximate surface area is 434 Å². The number of β-lactam (4-membered cyclic amide) rings is 1. The molecule has 12 rings (SSSR count). The van der Waals surface area contributed by atoms with E-state index in [2.05, 4.69) is 51.5 Å². The first-order valence-corrected chi connectivity index (χ1v) is 27.2. The molecule has 2 aliphatic heterocycles. The molecule has 73 heavy (non-hydrogen) atoms. The van der Waals surface area contributed by atoms with E-state index in [-0.39, 0.29) is 58.5 Å². The molecular formula is C59H85NO13. The molecule has 12 aliphatic rings. The first kappa shape index (κ1) is 57.4. The van der Waals surface area contributed by atoms with Crippen LogP contribution in [0, 0.1) is 41.4 Å². The number of aliphatic hydroxyl groups is 1. The number of esters is 5. The van der Waals surface area contributed by atoms with Gasteiger partial charge in [-0.05, 0) is 186 Å². The van der Waals surface area contributed by atoms with E-state index < -0.39 is 29.2 Å². The van der Waals surface area contributed by atoms with Crippen molar-refractivity contribution in [1.82, 2.24) is 4.90 Å². The highest BCUT2D eigenvalue weighted by molar-refractivity contribution is 6.08. The number of fused-ring (bicyclic) bond motifs is 1. The lowest BCUT2D eigenvalue weighted by molar-refractivity contribution is -0.217. The van der Waals surface area contributed by atoms with Gasteiger partial charge < -0.3 is 28.8 Å². The van der Waals surface area contributed by atoms with Gasteiger partial charge in [-0.1, -0.05) is 53.2 Å². The molecule has 10 saturated carbocycles. The summed E-state index contributed by atoms with van der Waals surface area (Å²) in [6.45, 7) is 30.8. The van der Waals surface area contributed by atoms with Crippen LogP contribution in [0.25, 0.3) is 0 Å². The maximum Gasteiger partial charge on any atom is 0.347 e. The molecule has 0 aromatic heterocycles. The second-order valence-electron chi connectivity index (χ2n) is 23.8. The molecule has 0 radical (unpaired) electrons. The predicted octanol–water partition coefficient (Wildman–Crippen LogP) is 10.2. The molecule has 14 nitrogen and oxygen atoms in total. The zero-order valence-electron chi connectivity index (χ0n) is 45.1. The zero-order chi connectivity index (χ0) is 53.8. The fourth-order valence-corrected chi connectivity index (χ4v) is 14.5. The van der Waals surface area contributed by atoms with E-state index in [1.807, 2.05) is 0 Å². The number of imide groups is 1. The summed E-state index contributed by atoms with van der Waals surface area (Å²) in [7, 11) is 0. The van der Waals surface area contributed by atoms with Crippen molar-refractivity contribution in [2.24, 2.45) is 41.4 Å². The molecule has 0 aromatic rings. The van der Waals surface area contributed by atoms with Crippen LogP contribution >= 0.6 is 0 Å². The minimum Gasteiger partial charge on any atom is -0.463 e. The number of rotatable bonds is 11. The van der Waals surface area contributed by atoms with Crippen LogP contribution in [-0.4, -0.2) is 92.8 Å². The highest BCUT2D eigenvalue weighted by Crippen LogP contribution is 2.61. The summed E-state index contributed by atoms with van der Waals surface area (Å²) >= 11 is 0. The van der Waals surface area contributed by atoms with Crippen molar-refractivity contribution in [1.29, 1.82) is 0 Å². The quantitative estimate of drug-likeness (QED) is 0.0892. The maximum atomic E-state index is 12.0. The molecule has 12 fully saturated rings. The van der Waals surface area contributed by atoms with Crippen molar-refractivity contribution in [2.75, 3.05) is 6.61 Å². The molecule has 1 N–H and O–H groups in total. The SMILES string of the molecule is C=C(C)C(=O)N1C(=O)C2CCCC21.C=C(C)C(=O)OC1(CC)C2CC3CC(C2)CC1C3.C=C(C)C(=O)OC1(CC)CCCC1.C=C(C)C(=O)OC12CC3CC(CC(O)(C3)C1)C2.C=C(C)C(=O)OC1CCOC1=O. The van der Waals surface area contributed by atoms with Crippen LogP contribution in [0.4, 0.5) is 0 Å². The van der Waals surface area contributed by atoms with Gasteiger partial charge in [0, 0.05) is 40.7 Å². The van der Waals surface area contributed by atoms with E-state index in [9.17, 15) is 38.7 Å². The molecule has 5 atom stereocenters. The molecule has 10 aliphatic carbocycles. The largest absolute Gasteiger partial charge is 0.463 e. The minimum absolute atomic E-state index is 0.00972. The molecule has 2 amide bonds. The van der Waals surface area contributed by atoms with Crippen molar-refractivity contribution in [3.05, 3.63) is 60.8 Å². The highest BCUT2D eigenvalue weighted by Gasteiger charge is 2.60. The fraction of sp³-hybridized carbons (Fsp3) is 0.712. The Balaban J connectivity index is 0.000000150. The lowest BCUT2D eigenvalue weighted by Crippen LogP contribution is -2.60. The van der Waals surface area contributed by atoms with E-state index in [1.54, 1.807) is 27.7 Å². The Morgan fingerprint density at radius 3 is 1.58 bits per heavy atom. The first-order valence-electron chi connectivity index (χ1n) is 27.2. The van der Waals surface area contributed by atoms with E-state index in [0.717, 1.165) is 82.5 Å². The van der Waals surface area contributed by atoms with Crippen molar-refractivity contribution in [3.8, 4) is 0 Å².